The first-order valence-corrected chi connectivity index (χ1v) is 9.78. The zero-order chi connectivity index (χ0) is 18.0. The molecule has 0 bridgehead atoms. The zero-order valence-electron chi connectivity index (χ0n) is 15.9. The van der Waals surface area contributed by atoms with Crippen LogP contribution < -0.4 is 14.5 Å². The summed E-state index contributed by atoms with van der Waals surface area (Å²) in [5, 5.41) is 0. The maximum atomic E-state index is 5.78. The molecule has 140 valence electrons. The molecule has 1 saturated heterocycles. The molecule has 0 atom stereocenters. The third-order valence-electron chi connectivity index (χ3n) is 5.08. The molecule has 26 heavy (non-hydrogen) atoms. The molecule has 2 aromatic carbocycles. The van der Waals surface area contributed by atoms with Crippen LogP contribution in [0.4, 0.5) is 0 Å². The molecule has 1 heterocycles. The molecule has 1 aliphatic rings. The molecule has 1 fully saturated rings. The van der Waals surface area contributed by atoms with Crippen LogP contribution in [-0.4, -0.2) is 59.6 Å². The van der Waals surface area contributed by atoms with Gasteiger partial charge in [-0.05, 0) is 29.7 Å². The van der Waals surface area contributed by atoms with E-state index in [0.717, 1.165) is 25.3 Å². The van der Waals surface area contributed by atoms with Gasteiger partial charge in [0.2, 0.25) is 0 Å². The molecule has 4 heteroatoms. The minimum absolute atomic E-state index is 0.611. The fourth-order valence-corrected chi connectivity index (χ4v) is 3.35. The van der Waals surface area contributed by atoms with Crippen LogP contribution in [-0.2, 0) is 11.2 Å². The third kappa shape index (κ3) is 6.45. The molecule has 4 nitrogen and oxygen atoms in total. The van der Waals surface area contributed by atoms with Crippen molar-refractivity contribution in [3.63, 3.8) is 0 Å². The normalized spacial score (nSPS) is 20.0. The summed E-state index contributed by atoms with van der Waals surface area (Å²) in [4.78, 5) is 3.32. The van der Waals surface area contributed by atoms with Crippen molar-refractivity contribution < 1.29 is 19.3 Å². The van der Waals surface area contributed by atoms with Crippen molar-refractivity contribution >= 4 is 0 Å². The molecule has 1 aliphatic heterocycles. The highest BCUT2D eigenvalue weighted by Gasteiger charge is 2.18. The fourth-order valence-electron chi connectivity index (χ4n) is 3.35. The summed E-state index contributed by atoms with van der Waals surface area (Å²) < 4.78 is 11.5. The Labute approximate surface area is 157 Å². The third-order valence-corrected chi connectivity index (χ3v) is 5.08. The summed E-state index contributed by atoms with van der Waals surface area (Å²) in [5.41, 5.74) is 2.63. The molecule has 2 aromatic rings. The smallest absolute Gasteiger partial charge is 0.127 e. The molecular formula is C22H32N2O2+2. The maximum Gasteiger partial charge on any atom is 0.127 e. The van der Waals surface area contributed by atoms with Crippen molar-refractivity contribution in [2.24, 2.45) is 0 Å². The molecule has 0 spiro atoms. The van der Waals surface area contributed by atoms with E-state index in [1.807, 2.05) is 0 Å². The summed E-state index contributed by atoms with van der Waals surface area (Å²) in [6.07, 6.45) is 0.959. The van der Waals surface area contributed by atoms with E-state index in [1.54, 1.807) is 9.80 Å². The van der Waals surface area contributed by atoms with Crippen LogP contribution in [0.5, 0.6) is 5.75 Å². The molecule has 0 aliphatic carbocycles. The van der Waals surface area contributed by atoms with E-state index in [0.29, 0.717) is 13.2 Å². The Bertz CT molecular complexity index is 622. The number of piperazine rings is 1. The highest BCUT2D eigenvalue weighted by atomic mass is 16.5. The number of hydrogen-bond acceptors (Lipinski definition) is 2. The van der Waals surface area contributed by atoms with Crippen molar-refractivity contribution in [2.45, 2.75) is 6.42 Å². The highest BCUT2D eigenvalue weighted by Crippen LogP contribution is 2.15. The Morgan fingerprint density at radius 2 is 1.46 bits per heavy atom. The van der Waals surface area contributed by atoms with E-state index in [4.69, 9.17) is 9.47 Å². The Morgan fingerprint density at radius 3 is 2.19 bits per heavy atom. The second kappa shape index (κ2) is 10.3. The number of quaternary nitrogens is 2. The number of likely N-dealkylation sites (N-methyl/N-ethyl adjacent to an activating group) is 1. The van der Waals surface area contributed by atoms with Gasteiger partial charge in [0.05, 0.1) is 20.3 Å². The van der Waals surface area contributed by atoms with Gasteiger partial charge in [0.25, 0.3) is 0 Å². The van der Waals surface area contributed by atoms with Crippen LogP contribution in [0.2, 0.25) is 0 Å². The molecule has 0 aromatic heterocycles. The second-order valence-corrected chi connectivity index (χ2v) is 7.22. The van der Waals surface area contributed by atoms with Crippen molar-refractivity contribution in [1.29, 1.82) is 0 Å². The average molecular weight is 357 g/mol. The van der Waals surface area contributed by atoms with Gasteiger partial charge < -0.3 is 19.3 Å². The van der Waals surface area contributed by atoms with Gasteiger partial charge in [0.1, 0.15) is 45.1 Å². The predicted octanol–water partition coefficient (Wildman–Crippen LogP) is 0.0860. The molecule has 0 unspecified atom stereocenters. The van der Waals surface area contributed by atoms with Gasteiger partial charge in [-0.15, -0.1) is 0 Å². The largest absolute Gasteiger partial charge is 0.491 e. The number of ether oxygens (including phenoxy) is 2. The second-order valence-electron chi connectivity index (χ2n) is 7.22. The predicted molar refractivity (Wildman–Crippen MR) is 104 cm³/mol. The summed E-state index contributed by atoms with van der Waals surface area (Å²) in [6, 6.07) is 18.9. The van der Waals surface area contributed by atoms with Crippen molar-refractivity contribution in [3.8, 4) is 5.75 Å². The zero-order valence-corrected chi connectivity index (χ0v) is 15.9. The molecular weight excluding hydrogens is 324 g/mol. The monoisotopic (exact) mass is 356 g/mol. The first-order valence-electron chi connectivity index (χ1n) is 9.78. The lowest BCUT2D eigenvalue weighted by atomic mass is 10.1. The van der Waals surface area contributed by atoms with Crippen LogP contribution >= 0.6 is 0 Å². The maximum absolute atomic E-state index is 5.78. The molecule has 0 radical (unpaired) electrons. The number of nitrogens with one attached hydrogen (secondary N) is 2. The van der Waals surface area contributed by atoms with Crippen LogP contribution in [0, 0.1) is 0 Å². The summed E-state index contributed by atoms with van der Waals surface area (Å²) >= 11 is 0. The minimum Gasteiger partial charge on any atom is -0.491 e. The first-order chi connectivity index (χ1) is 12.8. The lowest BCUT2D eigenvalue weighted by Crippen LogP contribution is -3.27. The molecule has 0 amide bonds. The van der Waals surface area contributed by atoms with E-state index in [2.05, 4.69) is 61.6 Å². The number of rotatable bonds is 9. The Morgan fingerprint density at radius 1 is 0.769 bits per heavy atom. The topological polar surface area (TPSA) is 27.3 Å². The minimum atomic E-state index is 0.611. The Balaban J connectivity index is 1.28. The Hall–Kier alpha value is -1.88. The van der Waals surface area contributed by atoms with E-state index < -0.39 is 0 Å². The Kier molecular flexibility index (Phi) is 7.50. The van der Waals surface area contributed by atoms with E-state index in [-0.39, 0.29) is 0 Å². The average Bonchev–Trinajstić information content (AvgIpc) is 2.68. The van der Waals surface area contributed by atoms with Crippen molar-refractivity contribution in [1.82, 2.24) is 0 Å². The summed E-state index contributed by atoms with van der Waals surface area (Å²) in [7, 11) is 2.28. The van der Waals surface area contributed by atoms with Gasteiger partial charge in [0.15, 0.2) is 0 Å². The quantitative estimate of drug-likeness (QED) is 0.623. The highest BCUT2D eigenvalue weighted by molar-refractivity contribution is 5.31. The summed E-state index contributed by atoms with van der Waals surface area (Å²) in [5.74, 6) is 0.915. The van der Waals surface area contributed by atoms with E-state index in [9.17, 15) is 0 Å². The standard InChI is InChI=1S/C22H30N2O2/c1-23-11-13-24(14-12-23)15-16-25-17-18-26-22-9-7-21(8-10-22)19-20-5-3-2-4-6-20/h2-10H,11-19H2,1H3/p+2. The van der Waals surface area contributed by atoms with Gasteiger partial charge in [-0.2, -0.15) is 0 Å². The molecule has 0 saturated carbocycles. The SMILES string of the molecule is C[NH+]1CC[NH+](CCOCCOc2ccc(Cc3ccccc3)cc2)CC1. The van der Waals surface area contributed by atoms with Gasteiger partial charge in [-0.1, -0.05) is 42.5 Å². The fraction of sp³-hybridized carbons (Fsp3) is 0.455. The van der Waals surface area contributed by atoms with Gasteiger partial charge in [0, 0.05) is 0 Å². The van der Waals surface area contributed by atoms with Crippen LogP contribution in [0.1, 0.15) is 11.1 Å². The van der Waals surface area contributed by atoms with E-state index in [1.165, 1.54) is 37.3 Å². The lowest BCUT2D eigenvalue weighted by Gasteiger charge is -2.27. The summed E-state index contributed by atoms with van der Waals surface area (Å²) in [6.45, 7) is 8.29. The van der Waals surface area contributed by atoms with Crippen molar-refractivity contribution in [2.75, 3.05) is 59.6 Å². The van der Waals surface area contributed by atoms with Crippen LogP contribution in [0.3, 0.4) is 0 Å². The van der Waals surface area contributed by atoms with Gasteiger partial charge in [-0.25, -0.2) is 0 Å². The molecule has 3 rings (SSSR count). The first kappa shape index (κ1) is 18.9. The lowest BCUT2D eigenvalue weighted by molar-refractivity contribution is -1.00. The van der Waals surface area contributed by atoms with Gasteiger partial charge in [-0.3, -0.25) is 0 Å². The van der Waals surface area contributed by atoms with Crippen LogP contribution in [0.15, 0.2) is 54.6 Å². The van der Waals surface area contributed by atoms with E-state index >= 15 is 0 Å². The van der Waals surface area contributed by atoms with Crippen molar-refractivity contribution in [3.05, 3.63) is 65.7 Å². The molecule has 2 N–H and O–H groups in total. The van der Waals surface area contributed by atoms with Crippen LogP contribution in [0.25, 0.3) is 0 Å². The van der Waals surface area contributed by atoms with Gasteiger partial charge >= 0.3 is 0 Å². The number of hydrogen-bond donors (Lipinski definition) is 2. The number of benzene rings is 2.